The van der Waals surface area contributed by atoms with E-state index in [1.807, 2.05) is 18.5 Å². The van der Waals surface area contributed by atoms with Crippen molar-refractivity contribution in [2.45, 2.75) is 25.7 Å². The minimum atomic E-state index is -0.755. The van der Waals surface area contributed by atoms with E-state index in [0.29, 0.717) is 19.6 Å². The Morgan fingerprint density at radius 2 is 2.31 bits per heavy atom. The second-order valence-electron chi connectivity index (χ2n) is 5.24. The molecular formula is C12H17NO3. The van der Waals surface area contributed by atoms with Crippen LogP contribution in [0.25, 0.3) is 0 Å². The Labute approximate surface area is 94.6 Å². The smallest absolute Gasteiger partial charge is 0.309 e. The molecular weight excluding hydrogens is 206 g/mol. The number of aliphatic carboxylic acids is 1. The van der Waals surface area contributed by atoms with Crippen LogP contribution in [0, 0.1) is 5.41 Å². The van der Waals surface area contributed by atoms with Crippen LogP contribution in [0.15, 0.2) is 18.5 Å². The number of aromatic amines is 1. The Bertz CT molecular complexity index is 377. The summed E-state index contributed by atoms with van der Waals surface area (Å²) in [4.78, 5) is 14.2. The molecule has 1 aromatic heterocycles. The number of hydrogen-bond donors (Lipinski definition) is 2. The lowest BCUT2D eigenvalue weighted by Gasteiger charge is -2.44. The summed E-state index contributed by atoms with van der Waals surface area (Å²) in [5, 5.41) is 9.17. The number of rotatable bonds is 4. The van der Waals surface area contributed by atoms with Gasteiger partial charge in [-0.1, -0.05) is 0 Å². The maximum absolute atomic E-state index is 11.2. The van der Waals surface area contributed by atoms with Gasteiger partial charge in [-0.3, -0.25) is 4.79 Å². The van der Waals surface area contributed by atoms with Crippen molar-refractivity contribution in [2.75, 3.05) is 13.2 Å². The van der Waals surface area contributed by atoms with E-state index in [-0.39, 0.29) is 5.41 Å². The van der Waals surface area contributed by atoms with E-state index in [9.17, 15) is 9.90 Å². The summed E-state index contributed by atoms with van der Waals surface area (Å²) in [5.41, 5.74) is 0.302. The van der Waals surface area contributed by atoms with Gasteiger partial charge in [0.1, 0.15) is 0 Å². The van der Waals surface area contributed by atoms with Gasteiger partial charge in [0.15, 0.2) is 0 Å². The van der Waals surface area contributed by atoms with Crippen LogP contribution in [0.1, 0.15) is 25.8 Å². The highest BCUT2D eigenvalue weighted by molar-refractivity contribution is 5.73. The van der Waals surface area contributed by atoms with Gasteiger partial charge in [-0.05, 0) is 31.9 Å². The molecule has 4 heteroatoms. The van der Waals surface area contributed by atoms with Crippen LogP contribution < -0.4 is 0 Å². The van der Waals surface area contributed by atoms with Crippen LogP contribution in [-0.2, 0) is 14.9 Å². The molecule has 0 spiro atoms. The molecule has 0 bridgehead atoms. The predicted molar refractivity (Wildman–Crippen MR) is 59.3 cm³/mol. The Hall–Kier alpha value is -1.29. The molecule has 0 aliphatic carbocycles. The molecule has 0 radical (unpaired) electrons. The predicted octanol–water partition coefficient (Wildman–Crippen LogP) is 1.78. The fourth-order valence-corrected chi connectivity index (χ4v) is 2.29. The highest BCUT2D eigenvalue weighted by Crippen LogP contribution is 2.42. The molecule has 1 fully saturated rings. The van der Waals surface area contributed by atoms with Gasteiger partial charge in [0.25, 0.3) is 0 Å². The van der Waals surface area contributed by atoms with Crippen LogP contribution in [0.2, 0.25) is 0 Å². The minimum absolute atomic E-state index is 0.123. The fraction of sp³-hybridized carbons (Fsp3) is 0.583. The van der Waals surface area contributed by atoms with Gasteiger partial charge in [0, 0.05) is 17.8 Å². The van der Waals surface area contributed by atoms with Crippen molar-refractivity contribution in [3.8, 4) is 0 Å². The lowest BCUT2D eigenvalue weighted by Crippen LogP contribution is -2.50. The highest BCUT2D eigenvalue weighted by atomic mass is 16.5. The first-order valence-electron chi connectivity index (χ1n) is 5.41. The number of nitrogens with one attached hydrogen (secondary N) is 1. The van der Waals surface area contributed by atoms with Gasteiger partial charge in [0.05, 0.1) is 18.6 Å². The molecule has 0 aromatic carbocycles. The third kappa shape index (κ3) is 1.73. The van der Waals surface area contributed by atoms with E-state index < -0.39 is 11.4 Å². The van der Waals surface area contributed by atoms with Crippen molar-refractivity contribution in [3.63, 3.8) is 0 Å². The van der Waals surface area contributed by atoms with E-state index in [1.165, 1.54) is 0 Å². The summed E-state index contributed by atoms with van der Waals surface area (Å²) < 4.78 is 5.28. The first kappa shape index (κ1) is 11.2. The Balaban J connectivity index is 2.21. The van der Waals surface area contributed by atoms with Crippen molar-refractivity contribution in [1.82, 2.24) is 4.98 Å². The lowest BCUT2D eigenvalue weighted by atomic mass is 9.68. The molecule has 2 heterocycles. The Morgan fingerprint density at radius 3 is 2.69 bits per heavy atom. The molecule has 0 unspecified atom stereocenters. The van der Waals surface area contributed by atoms with Crippen molar-refractivity contribution in [3.05, 3.63) is 24.0 Å². The normalized spacial score (nSPS) is 19.1. The SMILES string of the molecule is CC(C)(CC1(c2cc[nH]c2)COC1)C(=O)O. The van der Waals surface area contributed by atoms with Crippen LogP contribution in [0.3, 0.4) is 0 Å². The van der Waals surface area contributed by atoms with E-state index >= 15 is 0 Å². The zero-order chi connectivity index (χ0) is 11.8. The molecule has 2 rings (SSSR count). The summed E-state index contributed by atoms with van der Waals surface area (Å²) in [6, 6.07) is 2.00. The third-order valence-corrected chi connectivity index (χ3v) is 3.33. The topological polar surface area (TPSA) is 62.3 Å². The van der Waals surface area contributed by atoms with E-state index in [0.717, 1.165) is 5.56 Å². The summed E-state index contributed by atoms with van der Waals surface area (Å²) in [5.74, 6) is -0.755. The highest BCUT2D eigenvalue weighted by Gasteiger charge is 2.46. The molecule has 1 aliphatic heterocycles. The maximum Gasteiger partial charge on any atom is 0.309 e. The number of aromatic nitrogens is 1. The number of carboxylic acids is 1. The quantitative estimate of drug-likeness (QED) is 0.818. The van der Waals surface area contributed by atoms with Gasteiger partial charge in [0.2, 0.25) is 0 Å². The van der Waals surface area contributed by atoms with E-state index in [4.69, 9.17) is 4.74 Å². The van der Waals surface area contributed by atoms with Gasteiger partial charge in [-0.25, -0.2) is 0 Å². The van der Waals surface area contributed by atoms with Crippen molar-refractivity contribution in [2.24, 2.45) is 5.41 Å². The summed E-state index contributed by atoms with van der Waals surface area (Å²) in [6.07, 6.45) is 4.40. The van der Waals surface area contributed by atoms with Gasteiger partial charge in [-0.2, -0.15) is 0 Å². The number of H-pyrrole nitrogens is 1. The van der Waals surface area contributed by atoms with Crippen LogP contribution in [-0.4, -0.2) is 29.3 Å². The first-order chi connectivity index (χ1) is 7.46. The van der Waals surface area contributed by atoms with Crippen LogP contribution in [0.4, 0.5) is 0 Å². The average molecular weight is 223 g/mol. The monoisotopic (exact) mass is 223 g/mol. The van der Waals surface area contributed by atoms with E-state index in [2.05, 4.69) is 4.98 Å². The molecule has 88 valence electrons. The van der Waals surface area contributed by atoms with Crippen molar-refractivity contribution < 1.29 is 14.6 Å². The van der Waals surface area contributed by atoms with E-state index in [1.54, 1.807) is 13.8 Å². The zero-order valence-corrected chi connectivity index (χ0v) is 9.62. The molecule has 0 amide bonds. The molecule has 1 aliphatic rings. The van der Waals surface area contributed by atoms with Crippen molar-refractivity contribution >= 4 is 5.97 Å². The molecule has 0 atom stereocenters. The molecule has 0 saturated carbocycles. The Morgan fingerprint density at radius 1 is 1.62 bits per heavy atom. The molecule has 1 aromatic rings. The van der Waals surface area contributed by atoms with Gasteiger partial charge in [-0.15, -0.1) is 0 Å². The molecule has 2 N–H and O–H groups in total. The van der Waals surface area contributed by atoms with Crippen LogP contribution >= 0.6 is 0 Å². The minimum Gasteiger partial charge on any atom is -0.481 e. The maximum atomic E-state index is 11.2. The summed E-state index contributed by atoms with van der Waals surface area (Å²) >= 11 is 0. The second kappa shape index (κ2) is 3.63. The van der Waals surface area contributed by atoms with Crippen LogP contribution in [0.5, 0.6) is 0 Å². The second-order valence-corrected chi connectivity index (χ2v) is 5.24. The summed E-state index contributed by atoms with van der Waals surface area (Å²) in [6.45, 7) is 4.76. The lowest BCUT2D eigenvalue weighted by molar-refractivity contribution is -0.152. The number of ether oxygens (including phenoxy) is 1. The fourth-order valence-electron chi connectivity index (χ4n) is 2.29. The first-order valence-corrected chi connectivity index (χ1v) is 5.41. The average Bonchev–Trinajstić information content (AvgIpc) is 2.64. The number of hydrogen-bond acceptors (Lipinski definition) is 2. The van der Waals surface area contributed by atoms with Gasteiger partial charge < -0.3 is 14.8 Å². The molecule has 1 saturated heterocycles. The molecule has 4 nitrogen and oxygen atoms in total. The number of carboxylic acid groups (broad SMARTS) is 1. The standard InChI is InChI=1S/C12H17NO3/c1-11(2,10(14)15)6-12(7-16-8-12)9-3-4-13-5-9/h3-5,13H,6-8H2,1-2H3,(H,14,15). The Kier molecular flexibility index (Phi) is 2.54. The van der Waals surface area contributed by atoms with Gasteiger partial charge >= 0.3 is 5.97 Å². The summed E-state index contributed by atoms with van der Waals surface area (Å²) in [7, 11) is 0. The number of carbonyl (C=O) groups is 1. The van der Waals surface area contributed by atoms with Crippen molar-refractivity contribution in [1.29, 1.82) is 0 Å². The molecule has 16 heavy (non-hydrogen) atoms. The largest absolute Gasteiger partial charge is 0.481 e. The zero-order valence-electron chi connectivity index (χ0n) is 9.62. The third-order valence-electron chi connectivity index (χ3n) is 3.33.